The fraction of sp³-hybridized carbons (Fsp3) is 0.619. The predicted molar refractivity (Wildman–Crippen MR) is 120 cm³/mol. The molecule has 1 aromatic rings. The van der Waals surface area contributed by atoms with Crippen LogP contribution in [0.25, 0.3) is 0 Å². The van der Waals surface area contributed by atoms with Gasteiger partial charge < -0.3 is 9.84 Å². The minimum absolute atomic E-state index is 0.0206. The number of nitrogens with zero attached hydrogens (tertiary/aromatic N) is 2. The number of unbranched alkanes of at least 4 members (excludes halogenated alkanes) is 1. The molecular formula is C21H32N2O6S2. The Kier molecular flexibility index (Phi) is 8.53. The standard InChI is InChI=1S/C21H32N2O6S2/c1-6-7-8-9-18-10-11-21-19(12-18)29-20(14-22(4)30(5,25)26)16(2)13-23(17(3)15-24)31(21,27)28/h10-12,16-17,20,24H,6-7,13-15H2,1-5H3/t16-,17-,20-/m0/s1. The van der Waals surface area contributed by atoms with Crippen molar-refractivity contribution in [2.24, 2.45) is 5.92 Å². The molecule has 1 aliphatic heterocycles. The van der Waals surface area contributed by atoms with Gasteiger partial charge in [-0.25, -0.2) is 21.1 Å². The van der Waals surface area contributed by atoms with E-state index in [1.807, 2.05) is 13.8 Å². The first-order chi connectivity index (χ1) is 14.4. The van der Waals surface area contributed by atoms with Crippen LogP contribution in [-0.4, -0.2) is 75.7 Å². The summed E-state index contributed by atoms with van der Waals surface area (Å²) in [6.07, 6.45) is 2.15. The summed E-state index contributed by atoms with van der Waals surface area (Å²) in [5, 5.41) is 9.66. The molecule has 0 amide bonds. The van der Waals surface area contributed by atoms with Crippen LogP contribution >= 0.6 is 0 Å². The summed E-state index contributed by atoms with van der Waals surface area (Å²) >= 11 is 0. The highest BCUT2D eigenvalue weighted by Crippen LogP contribution is 2.34. The van der Waals surface area contributed by atoms with Crippen molar-refractivity contribution < 1.29 is 26.7 Å². The smallest absolute Gasteiger partial charge is 0.247 e. The molecule has 0 saturated carbocycles. The van der Waals surface area contributed by atoms with E-state index in [0.717, 1.165) is 19.1 Å². The van der Waals surface area contributed by atoms with Crippen LogP contribution in [0.3, 0.4) is 0 Å². The average Bonchev–Trinajstić information content (AvgIpc) is 2.69. The van der Waals surface area contributed by atoms with Crippen molar-refractivity contribution in [1.82, 2.24) is 8.61 Å². The fourth-order valence-electron chi connectivity index (χ4n) is 3.20. The Morgan fingerprint density at radius 1 is 1.39 bits per heavy atom. The summed E-state index contributed by atoms with van der Waals surface area (Å²) in [6, 6.07) is 4.04. The summed E-state index contributed by atoms with van der Waals surface area (Å²) in [5.41, 5.74) is 0.618. The number of sulfonamides is 2. The molecule has 1 aromatic carbocycles. The lowest BCUT2D eigenvalue weighted by Gasteiger charge is -2.37. The van der Waals surface area contributed by atoms with Gasteiger partial charge in [0, 0.05) is 37.5 Å². The van der Waals surface area contributed by atoms with Crippen LogP contribution in [0.1, 0.15) is 39.2 Å². The molecule has 0 bridgehead atoms. The molecule has 0 unspecified atom stereocenters. The zero-order valence-electron chi connectivity index (χ0n) is 18.7. The van der Waals surface area contributed by atoms with Crippen LogP contribution in [0, 0.1) is 17.8 Å². The molecule has 2 rings (SSSR count). The maximum atomic E-state index is 13.4. The van der Waals surface area contributed by atoms with E-state index < -0.39 is 32.2 Å². The molecule has 0 radical (unpaired) electrons. The van der Waals surface area contributed by atoms with E-state index in [1.54, 1.807) is 19.1 Å². The van der Waals surface area contributed by atoms with E-state index >= 15 is 0 Å². The monoisotopic (exact) mass is 472 g/mol. The van der Waals surface area contributed by atoms with Crippen molar-refractivity contribution in [3.8, 4) is 17.6 Å². The second-order valence-corrected chi connectivity index (χ2v) is 11.9. The highest BCUT2D eigenvalue weighted by atomic mass is 32.2. The van der Waals surface area contributed by atoms with Gasteiger partial charge in [0.1, 0.15) is 16.7 Å². The number of fused-ring (bicyclic) bond motifs is 1. The lowest BCUT2D eigenvalue weighted by Crippen LogP contribution is -2.50. The van der Waals surface area contributed by atoms with Crippen molar-refractivity contribution in [1.29, 1.82) is 0 Å². The van der Waals surface area contributed by atoms with E-state index in [1.165, 1.54) is 21.7 Å². The third kappa shape index (κ3) is 6.20. The predicted octanol–water partition coefficient (Wildman–Crippen LogP) is 1.50. The van der Waals surface area contributed by atoms with E-state index in [0.29, 0.717) is 5.56 Å². The molecule has 1 aliphatic rings. The highest BCUT2D eigenvalue weighted by molar-refractivity contribution is 7.89. The van der Waals surface area contributed by atoms with Gasteiger partial charge in [-0.3, -0.25) is 0 Å². The van der Waals surface area contributed by atoms with Crippen LogP contribution in [0.4, 0.5) is 0 Å². The molecule has 1 N–H and O–H groups in total. The van der Waals surface area contributed by atoms with Crippen LogP contribution in [-0.2, 0) is 20.0 Å². The minimum Gasteiger partial charge on any atom is -0.487 e. The molecule has 0 aromatic heterocycles. The maximum Gasteiger partial charge on any atom is 0.247 e. The lowest BCUT2D eigenvalue weighted by molar-refractivity contribution is 0.0905. The van der Waals surface area contributed by atoms with E-state index in [2.05, 4.69) is 11.8 Å². The topological polar surface area (TPSA) is 104 Å². The second kappa shape index (κ2) is 10.3. The van der Waals surface area contributed by atoms with Crippen LogP contribution in [0.2, 0.25) is 0 Å². The normalized spacial score (nSPS) is 22.4. The van der Waals surface area contributed by atoms with Gasteiger partial charge in [0.05, 0.1) is 19.4 Å². The number of benzene rings is 1. The molecule has 174 valence electrons. The van der Waals surface area contributed by atoms with Gasteiger partial charge in [-0.2, -0.15) is 4.31 Å². The molecule has 0 fully saturated rings. The number of rotatable bonds is 6. The first-order valence-corrected chi connectivity index (χ1v) is 13.5. The van der Waals surface area contributed by atoms with Crippen molar-refractivity contribution in [3.63, 3.8) is 0 Å². The molecule has 31 heavy (non-hydrogen) atoms. The van der Waals surface area contributed by atoms with Crippen molar-refractivity contribution in [3.05, 3.63) is 23.8 Å². The van der Waals surface area contributed by atoms with Crippen LogP contribution in [0.5, 0.6) is 5.75 Å². The Hall–Kier alpha value is -1.64. The summed E-state index contributed by atoms with van der Waals surface area (Å²) < 4.78 is 59.2. The average molecular weight is 473 g/mol. The number of aliphatic hydroxyl groups is 1. The molecule has 1 heterocycles. The molecular weight excluding hydrogens is 440 g/mol. The van der Waals surface area contributed by atoms with Crippen molar-refractivity contribution in [2.45, 2.75) is 50.7 Å². The Morgan fingerprint density at radius 2 is 2.06 bits per heavy atom. The van der Waals surface area contributed by atoms with Gasteiger partial charge in [0.25, 0.3) is 0 Å². The molecule has 3 atom stereocenters. The van der Waals surface area contributed by atoms with E-state index in [-0.39, 0.29) is 36.3 Å². The zero-order chi connectivity index (χ0) is 23.4. The molecule has 0 saturated heterocycles. The molecule has 0 spiro atoms. The van der Waals surface area contributed by atoms with Crippen molar-refractivity contribution >= 4 is 20.0 Å². The first-order valence-electron chi connectivity index (χ1n) is 10.2. The largest absolute Gasteiger partial charge is 0.487 e. The van der Waals surface area contributed by atoms with Gasteiger partial charge in [0.2, 0.25) is 20.0 Å². The van der Waals surface area contributed by atoms with Crippen LogP contribution < -0.4 is 4.74 Å². The zero-order valence-corrected chi connectivity index (χ0v) is 20.3. The third-order valence-electron chi connectivity index (χ3n) is 5.28. The van der Waals surface area contributed by atoms with E-state index in [9.17, 15) is 21.9 Å². The van der Waals surface area contributed by atoms with Gasteiger partial charge in [-0.05, 0) is 31.5 Å². The lowest BCUT2D eigenvalue weighted by atomic mass is 10.0. The van der Waals surface area contributed by atoms with Crippen molar-refractivity contribution in [2.75, 3.05) is 33.0 Å². The Labute approximate surface area is 186 Å². The Balaban J connectivity index is 2.59. The molecule has 8 nitrogen and oxygen atoms in total. The summed E-state index contributed by atoms with van der Waals surface area (Å²) in [4.78, 5) is -0.0206. The minimum atomic E-state index is -3.94. The van der Waals surface area contributed by atoms with Gasteiger partial charge in [-0.1, -0.05) is 25.7 Å². The van der Waals surface area contributed by atoms with Gasteiger partial charge >= 0.3 is 0 Å². The molecule has 10 heteroatoms. The SMILES string of the molecule is CCCC#Cc1ccc2c(c1)O[C@@H](CN(C)S(C)(=O)=O)[C@@H](C)CN([C@@H](C)CO)S2(=O)=O. The number of likely N-dealkylation sites (N-methyl/N-ethyl adjacent to an activating group) is 1. The number of hydrogen-bond donors (Lipinski definition) is 1. The summed E-state index contributed by atoms with van der Waals surface area (Å²) in [7, 11) is -5.93. The van der Waals surface area contributed by atoms with Crippen LogP contribution in [0.15, 0.2) is 23.1 Å². The third-order valence-corrected chi connectivity index (χ3v) is 8.58. The maximum absolute atomic E-state index is 13.4. The fourth-order valence-corrected chi connectivity index (χ4v) is 5.44. The van der Waals surface area contributed by atoms with E-state index in [4.69, 9.17) is 4.74 Å². The molecule has 0 aliphatic carbocycles. The number of aliphatic hydroxyl groups excluding tert-OH is 1. The quantitative estimate of drug-likeness (QED) is 0.629. The Bertz CT molecular complexity index is 1040. The second-order valence-electron chi connectivity index (χ2n) is 8.00. The van der Waals surface area contributed by atoms with Gasteiger partial charge in [-0.15, -0.1) is 0 Å². The summed E-state index contributed by atoms with van der Waals surface area (Å²) in [5.74, 6) is 5.84. The Morgan fingerprint density at radius 3 is 2.65 bits per heavy atom. The highest BCUT2D eigenvalue weighted by Gasteiger charge is 2.38. The number of ether oxygens (including phenoxy) is 1. The first kappa shape index (κ1) is 25.6. The van der Waals surface area contributed by atoms with Gasteiger partial charge in [0.15, 0.2) is 0 Å². The number of hydrogen-bond acceptors (Lipinski definition) is 6. The summed E-state index contributed by atoms with van der Waals surface area (Å²) in [6.45, 7) is 5.27.